The third-order valence-corrected chi connectivity index (χ3v) is 3.62. The van der Waals surface area contributed by atoms with Gasteiger partial charge in [-0.25, -0.2) is 9.97 Å². The van der Waals surface area contributed by atoms with Crippen molar-refractivity contribution in [3.8, 4) is 6.07 Å². The predicted octanol–water partition coefficient (Wildman–Crippen LogP) is 3.30. The minimum absolute atomic E-state index is 0.192. The average molecular weight is 372 g/mol. The van der Waals surface area contributed by atoms with Crippen molar-refractivity contribution in [1.82, 2.24) is 9.97 Å². The van der Waals surface area contributed by atoms with Crippen molar-refractivity contribution < 1.29 is 9.59 Å². The van der Waals surface area contributed by atoms with Gasteiger partial charge in [0.15, 0.2) is 0 Å². The molecule has 0 aliphatic rings. The molecule has 0 aliphatic heterocycles. The molecule has 1 heterocycles. The second-order valence-corrected chi connectivity index (χ2v) is 5.83. The Bertz CT molecular complexity index is 1040. The van der Waals surface area contributed by atoms with E-state index in [9.17, 15) is 9.59 Å². The van der Waals surface area contributed by atoms with Crippen LogP contribution < -0.4 is 16.0 Å². The summed E-state index contributed by atoms with van der Waals surface area (Å²) >= 11 is 0. The highest BCUT2D eigenvalue weighted by Crippen LogP contribution is 2.17. The molecule has 0 saturated heterocycles. The summed E-state index contributed by atoms with van der Waals surface area (Å²) in [6, 6.07) is 15.7. The minimum Gasteiger partial charge on any atom is -0.326 e. The first kappa shape index (κ1) is 18.5. The zero-order valence-electron chi connectivity index (χ0n) is 14.9. The number of rotatable bonds is 5. The Hall–Kier alpha value is -4.25. The lowest BCUT2D eigenvalue weighted by Crippen LogP contribution is -2.13. The Morgan fingerprint density at radius 2 is 1.57 bits per heavy atom. The van der Waals surface area contributed by atoms with Crippen molar-refractivity contribution >= 4 is 34.8 Å². The lowest BCUT2D eigenvalue weighted by molar-refractivity contribution is -0.114. The van der Waals surface area contributed by atoms with Gasteiger partial charge in [-0.2, -0.15) is 5.26 Å². The van der Waals surface area contributed by atoms with Crippen molar-refractivity contribution in [2.45, 2.75) is 6.92 Å². The maximum Gasteiger partial charge on any atom is 0.258 e. The van der Waals surface area contributed by atoms with Gasteiger partial charge in [0.05, 0.1) is 17.2 Å². The van der Waals surface area contributed by atoms with Gasteiger partial charge in [0, 0.05) is 36.4 Å². The van der Waals surface area contributed by atoms with Crippen LogP contribution in [0.5, 0.6) is 0 Å². The number of nitrogens with zero attached hydrogens (tertiary/aromatic N) is 3. The van der Waals surface area contributed by atoms with E-state index in [-0.39, 0.29) is 17.4 Å². The summed E-state index contributed by atoms with van der Waals surface area (Å²) in [6.45, 7) is 1.41. The molecule has 1 aromatic heterocycles. The second-order valence-electron chi connectivity index (χ2n) is 5.83. The van der Waals surface area contributed by atoms with Gasteiger partial charge in [0.25, 0.3) is 5.91 Å². The molecule has 3 rings (SSSR count). The highest BCUT2D eigenvalue weighted by atomic mass is 16.2. The normalized spacial score (nSPS) is 9.86. The number of aromatic nitrogens is 2. The van der Waals surface area contributed by atoms with Gasteiger partial charge in [-0.3, -0.25) is 9.59 Å². The van der Waals surface area contributed by atoms with Crippen LogP contribution in [0.1, 0.15) is 22.8 Å². The van der Waals surface area contributed by atoms with Crippen molar-refractivity contribution in [2.75, 3.05) is 16.0 Å². The molecule has 138 valence electrons. The molecule has 8 heteroatoms. The SMILES string of the molecule is CC(=O)Nc1cccc(NC(=O)c2cnc(Nc3ccc(C#N)cc3)nc2)c1. The Balaban J connectivity index is 1.65. The summed E-state index contributed by atoms with van der Waals surface area (Å²) in [5, 5.41) is 17.2. The number of benzene rings is 2. The van der Waals surface area contributed by atoms with Crippen LogP contribution in [-0.4, -0.2) is 21.8 Å². The quantitative estimate of drug-likeness (QED) is 0.632. The predicted molar refractivity (Wildman–Crippen MR) is 105 cm³/mol. The molecule has 2 amide bonds. The summed E-state index contributed by atoms with van der Waals surface area (Å²) in [7, 11) is 0. The number of hydrogen-bond acceptors (Lipinski definition) is 6. The van der Waals surface area contributed by atoms with Crippen LogP contribution in [0.2, 0.25) is 0 Å². The summed E-state index contributed by atoms with van der Waals surface area (Å²) in [4.78, 5) is 31.7. The van der Waals surface area contributed by atoms with Gasteiger partial charge in [0.2, 0.25) is 11.9 Å². The maximum absolute atomic E-state index is 12.4. The Morgan fingerprint density at radius 3 is 2.18 bits per heavy atom. The van der Waals surface area contributed by atoms with Crippen LogP contribution in [0, 0.1) is 11.3 Å². The largest absolute Gasteiger partial charge is 0.326 e. The molecular weight excluding hydrogens is 356 g/mol. The number of nitriles is 1. The van der Waals surface area contributed by atoms with E-state index < -0.39 is 0 Å². The molecule has 28 heavy (non-hydrogen) atoms. The van der Waals surface area contributed by atoms with Crippen LogP contribution in [-0.2, 0) is 4.79 Å². The van der Waals surface area contributed by atoms with Crippen LogP contribution in [0.3, 0.4) is 0 Å². The fourth-order valence-corrected chi connectivity index (χ4v) is 2.35. The van der Waals surface area contributed by atoms with Crippen LogP contribution in [0.15, 0.2) is 60.9 Å². The molecule has 2 aromatic carbocycles. The van der Waals surface area contributed by atoms with Gasteiger partial charge < -0.3 is 16.0 Å². The number of amides is 2. The average Bonchev–Trinajstić information content (AvgIpc) is 2.69. The number of carbonyl (C=O) groups excluding carboxylic acids is 2. The van der Waals surface area contributed by atoms with E-state index in [0.29, 0.717) is 22.9 Å². The molecule has 0 atom stereocenters. The highest BCUT2D eigenvalue weighted by Gasteiger charge is 2.09. The number of anilines is 4. The van der Waals surface area contributed by atoms with E-state index in [0.717, 1.165) is 5.69 Å². The first-order chi connectivity index (χ1) is 13.5. The van der Waals surface area contributed by atoms with E-state index >= 15 is 0 Å². The minimum atomic E-state index is -0.370. The molecule has 0 bridgehead atoms. The van der Waals surface area contributed by atoms with E-state index in [2.05, 4.69) is 25.9 Å². The van der Waals surface area contributed by atoms with Crippen molar-refractivity contribution in [3.05, 3.63) is 72.1 Å². The smallest absolute Gasteiger partial charge is 0.258 e. The summed E-state index contributed by atoms with van der Waals surface area (Å²) in [5.74, 6) is -0.235. The number of nitrogens with one attached hydrogen (secondary N) is 3. The van der Waals surface area contributed by atoms with E-state index in [1.165, 1.54) is 19.3 Å². The molecule has 0 fully saturated rings. The first-order valence-electron chi connectivity index (χ1n) is 8.32. The molecule has 0 radical (unpaired) electrons. The Labute approximate surface area is 161 Å². The second kappa shape index (κ2) is 8.42. The number of hydrogen-bond donors (Lipinski definition) is 3. The van der Waals surface area contributed by atoms with Crippen LogP contribution in [0.4, 0.5) is 23.0 Å². The summed E-state index contributed by atoms with van der Waals surface area (Å²) in [5.41, 5.74) is 2.70. The maximum atomic E-state index is 12.4. The lowest BCUT2D eigenvalue weighted by atomic mass is 10.2. The van der Waals surface area contributed by atoms with E-state index in [1.54, 1.807) is 48.5 Å². The van der Waals surface area contributed by atoms with Gasteiger partial charge in [-0.1, -0.05) is 6.07 Å². The lowest BCUT2D eigenvalue weighted by Gasteiger charge is -2.08. The van der Waals surface area contributed by atoms with Gasteiger partial charge in [-0.15, -0.1) is 0 Å². The highest BCUT2D eigenvalue weighted by molar-refractivity contribution is 6.04. The first-order valence-corrected chi connectivity index (χ1v) is 8.32. The fraction of sp³-hybridized carbons (Fsp3) is 0.0500. The van der Waals surface area contributed by atoms with Crippen molar-refractivity contribution in [3.63, 3.8) is 0 Å². The molecular formula is C20H16N6O2. The van der Waals surface area contributed by atoms with Crippen LogP contribution in [0.25, 0.3) is 0 Å². The van der Waals surface area contributed by atoms with Crippen molar-refractivity contribution in [1.29, 1.82) is 5.26 Å². The zero-order valence-corrected chi connectivity index (χ0v) is 14.9. The molecule has 0 unspecified atom stereocenters. The van der Waals surface area contributed by atoms with E-state index in [1.807, 2.05) is 6.07 Å². The molecule has 8 nitrogen and oxygen atoms in total. The Kier molecular flexibility index (Phi) is 5.58. The van der Waals surface area contributed by atoms with Crippen molar-refractivity contribution in [2.24, 2.45) is 0 Å². The third kappa shape index (κ3) is 4.89. The number of carbonyl (C=O) groups is 2. The van der Waals surface area contributed by atoms with Crippen LogP contribution >= 0.6 is 0 Å². The summed E-state index contributed by atoms with van der Waals surface area (Å²) < 4.78 is 0. The fourth-order valence-electron chi connectivity index (χ4n) is 2.35. The van der Waals surface area contributed by atoms with Gasteiger partial charge >= 0.3 is 0 Å². The zero-order chi connectivity index (χ0) is 19.9. The molecule has 3 N–H and O–H groups in total. The molecule has 0 spiro atoms. The summed E-state index contributed by atoms with van der Waals surface area (Å²) in [6.07, 6.45) is 2.82. The van der Waals surface area contributed by atoms with E-state index in [4.69, 9.17) is 5.26 Å². The topological polar surface area (TPSA) is 120 Å². The molecule has 0 saturated carbocycles. The van der Waals surface area contributed by atoms with Gasteiger partial charge in [0.1, 0.15) is 0 Å². The monoisotopic (exact) mass is 372 g/mol. The third-order valence-electron chi connectivity index (χ3n) is 3.62. The standard InChI is InChI=1S/C20H16N6O2/c1-13(27)24-17-3-2-4-18(9-17)25-19(28)15-11-22-20(23-12-15)26-16-7-5-14(10-21)6-8-16/h2-9,11-12H,1H3,(H,24,27)(H,25,28)(H,22,23,26). The Morgan fingerprint density at radius 1 is 0.929 bits per heavy atom. The molecule has 0 aliphatic carbocycles. The molecule has 3 aromatic rings. The van der Waals surface area contributed by atoms with Gasteiger partial charge in [-0.05, 0) is 42.5 Å².